The largest absolute Gasteiger partial charge is 0.278 e. The van der Waals surface area contributed by atoms with Crippen LogP contribution in [0.1, 0.15) is 43.7 Å². The van der Waals surface area contributed by atoms with Crippen LogP contribution in [-0.4, -0.2) is 10.2 Å². The van der Waals surface area contributed by atoms with Gasteiger partial charge in [-0.05, 0) is 30.4 Å². The molecule has 90 valence electrons. The van der Waals surface area contributed by atoms with Crippen LogP contribution in [-0.2, 0) is 5.67 Å². The number of hydrogen-bond acceptors (Lipinski definition) is 1. The minimum atomic E-state index is -1.21. The molecule has 0 spiro atoms. The number of hydrogen-bond donors (Lipinski definition) is 1. The smallest absolute Gasteiger partial charge is 0.138 e. The van der Waals surface area contributed by atoms with Gasteiger partial charge >= 0.3 is 0 Å². The van der Waals surface area contributed by atoms with Crippen molar-refractivity contribution in [1.29, 1.82) is 0 Å². The Hall–Kier alpha value is -1.09. The molecule has 1 aliphatic carbocycles. The number of alkyl halides is 1. The van der Waals surface area contributed by atoms with Crippen LogP contribution in [0.25, 0.3) is 10.9 Å². The highest BCUT2D eigenvalue weighted by Crippen LogP contribution is 2.55. The molecule has 2 aromatic rings. The molecule has 0 bridgehead atoms. The van der Waals surface area contributed by atoms with E-state index < -0.39 is 5.67 Å². The highest BCUT2D eigenvalue weighted by Gasteiger charge is 2.48. The second kappa shape index (κ2) is 3.45. The maximum Gasteiger partial charge on any atom is 0.138 e. The van der Waals surface area contributed by atoms with E-state index in [0.717, 1.165) is 16.5 Å². The van der Waals surface area contributed by atoms with E-state index in [0.29, 0.717) is 23.4 Å². The van der Waals surface area contributed by atoms with Gasteiger partial charge in [-0.15, -0.1) is 0 Å². The molecule has 1 saturated carbocycles. The van der Waals surface area contributed by atoms with E-state index >= 15 is 0 Å². The number of aromatic nitrogens is 2. The zero-order valence-corrected chi connectivity index (χ0v) is 10.6. The molecule has 1 heterocycles. The number of aromatic amines is 1. The lowest BCUT2D eigenvalue weighted by molar-refractivity contribution is 0.315. The third kappa shape index (κ3) is 1.56. The van der Waals surface area contributed by atoms with Gasteiger partial charge in [0, 0.05) is 16.0 Å². The number of benzene rings is 1. The van der Waals surface area contributed by atoms with Crippen molar-refractivity contribution in [3.63, 3.8) is 0 Å². The topological polar surface area (TPSA) is 28.7 Å². The molecular weight excluding hydrogens is 239 g/mol. The Morgan fingerprint density at radius 2 is 2.18 bits per heavy atom. The summed E-state index contributed by atoms with van der Waals surface area (Å²) in [4.78, 5) is 0. The maximum absolute atomic E-state index is 14.4. The van der Waals surface area contributed by atoms with Crippen molar-refractivity contribution >= 4 is 22.5 Å². The molecule has 0 amide bonds. The average molecular weight is 253 g/mol. The third-order valence-electron chi connectivity index (χ3n) is 3.45. The molecule has 0 saturated heterocycles. The molecule has 1 aliphatic rings. The van der Waals surface area contributed by atoms with E-state index in [9.17, 15) is 4.39 Å². The normalized spacial score (nSPS) is 17.9. The van der Waals surface area contributed by atoms with Crippen LogP contribution >= 0.6 is 11.6 Å². The summed E-state index contributed by atoms with van der Waals surface area (Å²) < 4.78 is 14.4. The zero-order valence-electron chi connectivity index (χ0n) is 9.85. The SMILES string of the molecule is CC(C)c1c(C2(F)CC2)c(Cl)cc2[nH]ncc12. The summed E-state index contributed by atoms with van der Waals surface area (Å²) in [5.41, 5.74) is 1.36. The molecule has 1 aromatic carbocycles. The summed E-state index contributed by atoms with van der Waals surface area (Å²) in [6, 6.07) is 1.78. The second-order valence-corrected chi connectivity index (χ2v) is 5.51. The van der Waals surface area contributed by atoms with E-state index in [1.54, 1.807) is 12.3 Å². The van der Waals surface area contributed by atoms with E-state index in [4.69, 9.17) is 11.6 Å². The number of nitrogens with one attached hydrogen (secondary N) is 1. The Morgan fingerprint density at radius 1 is 1.47 bits per heavy atom. The maximum atomic E-state index is 14.4. The molecule has 1 aromatic heterocycles. The first-order valence-electron chi connectivity index (χ1n) is 5.88. The van der Waals surface area contributed by atoms with E-state index in [1.165, 1.54) is 0 Å². The van der Waals surface area contributed by atoms with E-state index in [2.05, 4.69) is 24.0 Å². The quantitative estimate of drug-likeness (QED) is 0.848. The fourth-order valence-electron chi connectivity index (χ4n) is 2.50. The van der Waals surface area contributed by atoms with Gasteiger partial charge in [-0.2, -0.15) is 5.10 Å². The molecule has 17 heavy (non-hydrogen) atoms. The molecule has 1 N–H and O–H groups in total. The predicted octanol–water partition coefficient (Wildman–Crippen LogP) is 4.30. The van der Waals surface area contributed by atoms with Crippen molar-refractivity contribution in [2.45, 2.75) is 38.3 Å². The molecule has 0 radical (unpaired) electrons. The summed E-state index contributed by atoms with van der Waals surface area (Å²) in [6.45, 7) is 4.13. The van der Waals surface area contributed by atoms with Gasteiger partial charge in [0.2, 0.25) is 0 Å². The Kier molecular flexibility index (Phi) is 2.24. The summed E-state index contributed by atoms with van der Waals surface area (Å²) in [7, 11) is 0. The van der Waals surface area contributed by atoms with Gasteiger partial charge in [-0.25, -0.2) is 4.39 Å². The highest BCUT2D eigenvalue weighted by molar-refractivity contribution is 6.32. The van der Waals surface area contributed by atoms with Gasteiger partial charge < -0.3 is 0 Å². The molecule has 0 unspecified atom stereocenters. The molecule has 4 heteroatoms. The lowest BCUT2D eigenvalue weighted by Crippen LogP contribution is -2.06. The van der Waals surface area contributed by atoms with Gasteiger partial charge in [0.25, 0.3) is 0 Å². The van der Waals surface area contributed by atoms with Crippen LogP contribution < -0.4 is 0 Å². The lowest BCUT2D eigenvalue weighted by atomic mass is 9.90. The summed E-state index contributed by atoms with van der Waals surface area (Å²) >= 11 is 6.25. The van der Waals surface area contributed by atoms with Crippen molar-refractivity contribution in [2.75, 3.05) is 0 Å². The summed E-state index contributed by atoms with van der Waals surface area (Å²) in [6.07, 6.45) is 2.92. The van der Waals surface area contributed by atoms with Gasteiger partial charge in [-0.3, -0.25) is 5.10 Å². The number of nitrogens with zero attached hydrogens (tertiary/aromatic N) is 1. The average Bonchev–Trinajstić information content (AvgIpc) is 2.83. The molecule has 3 rings (SSSR count). The standard InChI is InChI=1S/C13H14ClFN2/c1-7(2)11-8-6-16-17-10(8)5-9(14)12(11)13(15)3-4-13/h5-7H,3-4H2,1-2H3,(H,16,17). The van der Waals surface area contributed by atoms with Crippen LogP contribution in [0.4, 0.5) is 4.39 Å². The number of halogens is 2. The van der Waals surface area contributed by atoms with E-state index in [-0.39, 0.29) is 5.92 Å². The molecular formula is C13H14ClFN2. The van der Waals surface area contributed by atoms with Crippen LogP contribution in [0, 0.1) is 0 Å². The third-order valence-corrected chi connectivity index (χ3v) is 3.75. The molecule has 1 fully saturated rings. The Morgan fingerprint density at radius 3 is 2.76 bits per heavy atom. The fourth-order valence-corrected chi connectivity index (χ4v) is 2.88. The van der Waals surface area contributed by atoms with Crippen LogP contribution in [0.3, 0.4) is 0 Å². The van der Waals surface area contributed by atoms with Crippen LogP contribution in [0.5, 0.6) is 0 Å². The van der Waals surface area contributed by atoms with Crippen molar-refractivity contribution in [1.82, 2.24) is 10.2 Å². The lowest BCUT2D eigenvalue weighted by Gasteiger charge is -2.18. The van der Waals surface area contributed by atoms with Crippen molar-refractivity contribution in [2.24, 2.45) is 0 Å². The van der Waals surface area contributed by atoms with Crippen LogP contribution in [0.15, 0.2) is 12.3 Å². The second-order valence-electron chi connectivity index (χ2n) is 5.10. The first kappa shape index (κ1) is 11.0. The predicted molar refractivity (Wildman–Crippen MR) is 67.2 cm³/mol. The molecule has 0 atom stereocenters. The Bertz CT molecular complexity index is 584. The monoisotopic (exact) mass is 252 g/mol. The number of fused-ring (bicyclic) bond motifs is 1. The summed E-state index contributed by atoms with van der Waals surface area (Å²) in [5.74, 6) is 0.233. The number of rotatable bonds is 2. The Labute approximate surface area is 104 Å². The summed E-state index contributed by atoms with van der Waals surface area (Å²) in [5, 5.41) is 8.43. The van der Waals surface area contributed by atoms with E-state index in [1.807, 2.05) is 0 Å². The molecule has 2 nitrogen and oxygen atoms in total. The minimum absolute atomic E-state index is 0.233. The minimum Gasteiger partial charge on any atom is -0.278 e. The molecule has 0 aliphatic heterocycles. The highest BCUT2D eigenvalue weighted by atomic mass is 35.5. The Balaban J connectivity index is 2.38. The van der Waals surface area contributed by atoms with Gasteiger partial charge in [-0.1, -0.05) is 25.4 Å². The first-order chi connectivity index (χ1) is 8.03. The zero-order chi connectivity index (χ0) is 12.2. The van der Waals surface area contributed by atoms with Gasteiger partial charge in [0.05, 0.1) is 11.7 Å². The van der Waals surface area contributed by atoms with Crippen LogP contribution in [0.2, 0.25) is 5.02 Å². The van der Waals surface area contributed by atoms with Gasteiger partial charge in [0.15, 0.2) is 0 Å². The van der Waals surface area contributed by atoms with Crippen molar-refractivity contribution in [3.05, 3.63) is 28.4 Å². The van der Waals surface area contributed by atoms with Crippen molar-refractivity contribution in [3.8, 4) is 0 Å². The first-order valence-corrected chi connectivity index (χ1v) is 6.25. The van der Waals surface area contributed by atoms with Crippen molar-refractivity contribution < 1.29 is 4.39 Å². The van der Waals surface area contributed by atoms with Gasteiger partial charge in [0.1, 0.15) is 5.67 Å². The number of H-pyrrole nitrogens is 1. The fraction of sp³-hybridized carbons (Fsp3) is 0.462.